The Labute approximate surface area is 147 Å². The van der Waals surface area contributed by atoms with E-state index in [1.807, 2.05) is 23.1 Å². The lowest BCUT2D eigenvalue weighted by Gasteiger charge is -2.31. The van der Waals surface area contributed by atoms with Gasteiger partial charge < -0.3 is 15.4 Å². The van der Waals surface area contributed by atoms with Crippen molar-refractivity contribution in [3.8, 4) is 0 Å². The Hall–Kier alpha value is -1.14. The van der Waals surface area contributed by atoms with E-state index in [-0.39, 0.29) is 24.4 Å². The van der Waals surface area contributed by atoms with E-state index in [4.69, 9.17) is 10.5 Å². The molecule has 1 aromatic heterocycles. The average molecular weight is 355 g/mol. The van der Waals surface area contributed by atoms with Crippen molar-refractivity contribution in [2.24, 2.45) is 5.73 Å². The van der Waals surface area contributed by atoms with Crippen LogP contribution in [0.2, 0.25) is 0 Å². The van der Waals surface area contributed by atoms with Gasteiger partial charge in [-0.25, -0.2) is 0 Å². The highest BCUT2D eigenvalue weighted by Gasteiger charge is 2.24. The first-order valence-corrected chi connectivity index (χ1v) is 8.69. The van der Waals surface area contributed by atoms with Crippen LogP contribution in [0, 0.1) is 0 Å². The van der Waals surface area contributed by atoms with E-state index in [0.29, 0.717) is 6.54 Å². The van der Waals surface area contributed by atoms with Crippen LogP contribution in [0.5, 0.6) is 0 Å². The predicted molar refractivity (Wildman–Crippen MR) is 97.6 cm³/mol. The van der Waals surface area contributed by atoms with Crippen LogP contribution in [-0.4, -0.2) is 43.2 Å². The minimum absolute atomic E-state index is 0. The highest BCUT2D eigenvalue weighted by atomic mass is 35.5. The maximum atomic E-state index is 12.6. The van der Waals surface area contributed by atoms with E-state index >= 15 is 0 Å². The number of thiophene rings is 1. The van der Waals surface area contributed by atoms with Crippen molar-refractivity contribution in [1.82, 2.24) is 4.90 Å². The van der Waals surface area contributed by atoms with Gasteiger partial charge in [0.05, 0.1) is 11.0 Å². The van der Waals surface area contributed by atoms with E-state index in [9.17, 15) is 4.79 Å². The molecule has 0 spiro atoms. The second-order valence-corrected chi connectivity index (χ2v) is 6.74. The number of hydrogen-bond donors (Lipinski definition) is 1. The number of benzene rings is 1. The molecule has 2 N–H and O–H groups in total. The number of ether oxygens (including phenoxy) is 1. The Morgan fingerprint density at radius 1 is 1.30 bits per heavy atom. The Balaban J connectivity index is 0.00000192. The highest BCUT2D eigenvalue weighted by Crippen LogP contribution is 2.27. The zero-order valence-corrected chi connectivity index (χ0v) is 14.7. The number of amides is 1. The van der Waals surface area contributed by atoms with Crippen LogP contribution in [0.15, 0.2) is 30.3 Å². The lowest BCUT2D eigenvalue weighted by molar-refractivity contribution is 0.00858. The molecule has 6 heteroatoms. The maximum absolute atomic E-state index is 12.6. The van der Waals surface area contributed by atoms with Gasteiger partial charge in [-0.3, -0.25) is 4.79 Å². The minimum atomic E-state index is 0. The third kappa shape index (κ3) is 4.44. The lowest BCUT2D eigenvalue weighted by atomic mass is 10.1. The summed E-state index contributed by atoms with van der Waals surface area (Å²) < 4.78 is 6.96. The molecule has 23 heavy (non-hydrogen) atoms. The first-order valence-electron chi connectivity index (χ1n) is 7.87. The highest BCUT2D eigenvalue weighted by molar-refractivity contribution is 7.20. The molecule has 3 rings (SSSR count). The van der Waals surface area contributed by atoms with E-state index in [1.54, 1.807) is 11.3 Å². The third-order valence-electron chi connectivity index (χ3n) is 4.07. The molecule has 0 saturated carbocycles. The molecule has 0 radical (unpaired) electrons. The number of nitrogens with zero attached hydrogens (tertiary/aromatic N) is 1. The SMILES string of the molecule is Cl.NCCCOC1CCN(C(=O)c2cc3ccccc3s2)CC1. The van der Waals surface area contributed by atoms with Gasteiger partial charge in [-0.1, -0.05) is 18.2 Å². The summed E-state index contributed by atoms with van der Waals surface area (Å²) in [7, 11) is 0. The standard InChI is InChI=1S/C17H22N2O2S.ClH/c18-8-3-11-21-14-6-9-19(10-7-14)17(20)16-12-13-4-1-2-5-15(13)22-16;/h1-2,4-5,12,14H,3,6-11,18H2;1H. The molecule has 4 nitrogen and oxygen atoms in total. The summed E-state index contributed by atoms with van der Waals surface area (Å²) >= 11 is 1.58. The molecule has 2 heterocycles. The van der Waals surface area contributed by atoms with Gasteiger partial charge in [0.25, 0.3) is 5.91 Å². The number of piperidine rings is 1. The van der Waals surface area contributed by atoms with Crippen LogP contribution in [-0.2, 0) is 4.74 Å². The third-order valence-corrected chi connectivity index (χ3v) is 5.17. The molecule has 1 aliphatic heterocycles. The largest absolute Gasteiger partial charge is 0.378 e. The summed E-state index contributed by atoms with van der Waals surface area (Å²) in [6, 6.07) is 10.1. The fourth-order valence-corrected chi connectivity index (χ4v) is 3.83. The zero-order chi connectivity index (χ0) is 15.4. The molecule has 0 atom stereocenters. The summed E-state index contributed by atoms with van der Waals surface area (Å²) in [6.07, 6.45) is 3.02. The van der Waals surface area contributed by atoms with Crippen molar-refractivity contribution >= 4 is 39.7 Å². The van der Waals surface area contributed by atoms with Gasteiger partial charge in [0.2, 0.25) is 0 Å². The van der Waals surface area contributed by atoms with Crippen molar-refractivity contribution in [3.05, 3.63) is 35.2 Å². The summed E-state index contributed by atoms with van der Waals surface area (Å²) in [5, 5.41) is 1.15. The number of likely N-dealkylation sites (tertiary alicyclic amines) is 1. The van der Waals surface area contributed by atoms with Gasteiger partial charge in [0.1, 0.15) is 0 Å². The quantitative estimate of drug-likeness (QED) is 0.838. The summed E-state index contributed by atoms with van der Waals surface area (Å²) in [5.41, 5.74) is 5.47. The number of rotatable bonds is 5. The Kier molecular flexibility index (Phi) is 6.84. The molecule has 0 bridgehead atoms. The van der Waals surface area contributed by atoms with Gasteiger partial charge in [0.15, 0.2) is 0 Å². The smallest absolute Gasteiger partial charge is 0.263 e. The molecular formula is C17H23ClN2O2S. The van der Waals surface area contributed by atoms with Gasteiger partial charge in [-0.15, -0.1) is 23.7 Å². The van der Waals surface area contributed by atoms with Gasteiger partial charge in [0, 0.05) is 24.4 Å². The summed E-state index contributed by atoms with van der Waals surface area (Å²) in [4.78, 5) is 15.4. The molecular weight excluding hydrogens is 332 g/mol. The fraction of sp³-hybridized carbons (Fsp3) is 0.471. The zero-order valence-electron chi connectivity index (χ0n) is 13.1. The topological polar surface area (TPSA) is 55.6 Å². The molecule has 0 aliphatic carbocycles. The second kappa shape index (κ2) is 8.64. The van der Waals surface area contributed by atoms with E-state index in [0.717, 1.165) is 49.2 Å². The Morgan fingerprint density at radius 3 is 2.74 bits per heavy atom. The molecule has 126 valence electrons. The van der Waals surface area contributed by atoms with Crippen LogP contribution in [0.3, 0.4) is 0 Å². The second-order valence-electron chi connectivity index (χ2n) is 5.65. The fourth-order valence-electron chi connectivity index (χ4n) is 2.80. The number of hydrogen-bond acceptors (Lipinski definition) is 4. The van der Waals surface area contributed by atoms with Gasteiger partial charge in [-0.2, -0.15) is 0 Å². The molecule has 0 unspecified atom stereocenters. The van der Waals surface area contributed by atoms with Crippen molar-refractivity contribution in [2.45, 2.75) is 25.4 Å². The van der Waals surface area contributed by atoms with Crippen LogP contribution < -0.4 is 5.73 Å². The number of halogens is 1. The minimum Gasteiger partial charge on any atom is -0.378 e. The normalized spacial score (nSPS) is 15.6. The Morgan fingerprint density at radius 2 is 2.04 bits per heavy atom. The van der Waals surface area contributed by atoms with Crippen molar-refractivity contribution in [2.75, 3.05) is 26.2 Å². The van der Waals surface area contributed by atoms with Crippen molar-refractivity contribution in [3.63, 3.8) is 0 Å². The van der Waals surface area contributed by atoms with Crippen molar-refractivity contribution < 1.29 is 9.53 Å². The van der Waals surface area contributed by atoms with E-state index < -0.39 is 0 Å². The van der Waals surface area contributed by atoms with E-state index in [1.165, 1.54) is 4.70 Å². The molecule has 1 aliphatic rings. The lowest BCUT2D eigenvalue weighted by Crippen LogP contribution is -2.40. The van der Waals surface area contributed by atoms with Crippen LogP contribution >= 0.6 is 23.7 Å². The number of nitrogens with two attached hydrogens (primary N) is 1. The monoisotopic (exact) mass is 354 g/mol. The number of carbonyl (C=O) groups is 1. The van der Waals surface area contributed by atoms with Crippen molar-refractivity contribution in [1.29, 1.82) is 0 Å². The molecule has 1 aromatic carbocycles. The first-order chi connectivity index (χ1) is 10.8. The Bertz CT molecular complexity index is 605. The van der Waals surface area contributed by atoms with Gasteiger partial charge >= 0.3 is 0 Å². The van der Waals surface area contributed by atoms with Crippen LogP contribution in [0.4, 0.5) is 0 Å². The number of fused-ring (bicyclic) bond motifs is 1. The summed E-state index contributed by atoms with van der Waals surface area (Å²) in [5.74, 6) is 0.154. The number of carbonyl (C=O) groups excluding carboxylic acids is 1. The molecule has 1 saturated heterocycles. The summed E-state index contributed by atoms with van der Waals surface area (Å²) in [6.45, 7) is 2.95. The predicted octanol–water partition coefficient (Wildman–Crippen LogP) is 3.29. The van der Waals surface area contributed by atoms with Crippen LogP contribution in [0.1, 0.15) is 28.9 Å². The first kappa shape index (κ1) is 18.2. The molecule has 1 fully saturated rings. The molecule has 1 amide bonds. The van der Waals surface area contributed by atoms with Gasteiger partial charge in [-0.05, 0) is 43.3 Å². The van der Waals surface area contributed by atoms with Crippen LogP contribution in [0.25, 0.3) is 10.1 Å². The van der Waals surface area contributed by atoms with E-state index in [2.05, 4.69) is 12.1 Å². The average Bonchev–Trinajstić information content (AvgIpc) is 2.99. The maximum Gasteiger partial charge on any atom is 0.263 e. The molecule has 2 aromatic rings.